The van der Waals surface area contributed by atoms with Crippen LogP contribution in [0.1, 0.15) is 69.0 Å². The minimum absolute atomic E-state index is 0. The van der Waals surface area contributed by atoms with Gasteiger partial charge in [-0.3, -0.25) is 4.79 Å². The molecule has 0 aromatic heterocycles. The van der Waals surface area contributed by atoms with E-state index in [1.54, 1.807) is 0 Å². The molecule has 3 heterocycles. The first-order chi connectivity index (χ1) is 14.1. The van der Waals surface area contributed by atoms with E-state index < -0.39 is 0 Å². The Morgan fingerprint density at radius 2 is 1.73 bits per heavy atom. The average molecular weight is 433 g/mol. The molecule has 3 fully saturated rings. The lowest BCUT2D eigenvalue weighted by Crippen LogP contribution is -2.49. The lowest BCUT2D eigenvalue weighted by Gasteiger charge is -2.47. The lowest BCUT2D eigenvalue weighted by molar-refractivity contribution is -0.137. The Kier molecular flexibility index (Phi) is 4.98. The standard InChI is InChI=1S/C24H32N2O3.ClH/c1-16-17-12-20-21(29-11-10-28-20)13-18(17)24(4-2-3-5-24)15-26(16)22(27)19-14-23(19)6-8-25-9-7-23;/h12-13,16,19,25H,2-11,14-15H2,1H3;1H. The van der Waals surface area contributed by atoms with Crippen LogP contribution in [0, 0.1) is 11.3 Å². The number of nitrogens with one attached hydrogen (secondary N) is 1. The molecule has 0 radical (unpaired) electrons. The smallest absolute Gasteiger partial charge is 0.226 e. The van der Waals surface area contributed by atoms with Gasteiger partial charge in [0.2, 0.25) is 5.91 Å². The van der Waals surface area contributed by atoms with E-state index in [1.807, 2.05) is 0 Å². The van der Waals surface area contributed by atoms with Crippen LogP contribution < -0.4 is 14.8 Å². The van der Waals surface area contributed by atoms with E-state index in [0.717, 1.165) is 50.4 Å². The van der Waals surface area contributed by atoms with Gasteiger partial charge >= 0.3 is 0 Å². The van der Waals surface area contributed by atoms with E-state index in [9.17, 15) is 4.79 Å². The Morgan fingerprint density at radius 1 is 1.07 bits per heavy atom. The van der Waals surface area contributed by atoms with E-state index in [-0.39, 0.29) is 35.2 Å². The van der Waals surface area contributed by atoms with Crippen molar-refractivity contribution in [2.75, 3.05) is 32.8 Å². The predicted molar refractivity (Wildman–Crippen MR) is 118 cm³/mol. The summed E-state index contributed by atoms with van der Waals surface area (Å²) in [6.07, 6.45) is 8.27. The topological polar surface area (TPSA) is 50.8 Å². The van der Waals surface area contributed by atoms with Crippen molar-refractivity contribution in [3.8, 4) is 11.5 Å². The third kappa shape index (κ3) is 2.96. The van der Waals surface area contributed by atoms with E-state index in [0.29, 0.717) is 19.1 Å². The van der Waals surface area contributed by atoms with Crippen LogP contribution in [-0.2, 0) is 10.2 Å². The molecule has 1 N–H and O–H groups in total. The van der Waals surface area contributed by atoms with Crippen molar-refractivity contribution < 1.29 is 14.3 Å². The summed E-state index contributed by atoms with van der Waals surface area (Å²) >= 11 is 0. The van der Waals surface area contributed by atoms with Crippen molar-refractivity contribution in [1.29, 1.82) is 0 Å². The summed E-state index contributed by atoms with van der Waals surface area (Å²) in [4.78, 5) is 16.0. The zero-order valence-corrected chi connectivity index (χ0v) is 18.7. The van der Waals surface area contributed by atoms with Crippen LogP contribution in [0.4, 0.5) is 0 Å². The Morgan fingerprint density at radius 3 is 2.43 bits per heavy atom. The lowest BCUT2D eigenvalue weighted by atomic mass is 9.71. The number of piperidine rings is 1. The van der Waals surface area contributed by atoms with E-state index >= 15 is 0 Å². The molecule has 6 heteroatoms. The number of carbonyl (C=O) groups is 1. The number of hydrogen-bond donors (Lipinski definition) is 1. The summed E-state index contributed by atoms with van der Waals surface area (Å²) in [5.41, 5.74) is 3.10. The molecular weight excluding hydrogens is 400 g/mol. The molecule has 1 amide bonds. The minimum Gasteiger partial charge on any atom is -0.486 e. The summed E-state index contributed by atoms with van der Waals surface area (Å²) in [5.74, 6) is 2.39. The zero-order valence-electron chi connectivity index (χ0n) is 17.9. The molecule has 1 saturated heterocycles. The maximum absolute atomic E-state index is 13.7. The maximum atomic E-state index is 13.7. The Bertz CT molecular complexity index is 845. The average Bonchev–Trinajstić information content (AvgIpc) is 3.22. The normalized spacial score (nSPS) is 30.0. The molecule has 1 aromatic carbocycles. The van der Waals surface area contributed by atoms with E-state index in [2.05, 4.69) is 29.3 Å². The van der Waals surface area contributed by atoms with Gasteiger partial charge in [-0.2, -0.15) is 0 Å². The number of rotatable bonds is 1. The van der Waals surface area contributed by atoms with Crippen LogP contribution in [0.25, 0.3) is 0 Å². The SMILES string of the molecule is CC1c2cc3c(cc2C2(CCCC2)CN1C(=O)C1CC12CCNCC2)OCCO3.Cl. The molecule has 2 unspecified atom stereocenters. The number of benzene rings is 1. The third-order valence-electron chi connectivity index (χ3n) is 8.61. The molecule has 6 rings (SSSR count). The molecule has 1 aromatic rings. The first-order valence-corrected chi connectivity index (χ1v) is 11.6. The van der Waals surface area contributed by atoms with Gasteiger partial charge in [-0.1, -0.05) is 12.8 Å². The Labute approximate surface area is 185 Å². The van der Waals surface area contributed by atoms with Crippen LogP contribution >= 0.6 is 12.4 Å². The highest BCUT2D eigenvalue weighted by atomic mass is 35.5. The van der Waals surface area contributed by atoms with Gasteiger partial charge in [-0.05, 0) is 80.8 Å². The first-order valence-electron chi connectivity index (χ1n) is 11.6. The van der Waals surface area contributed by atoms with Gasteiger partial charge in [0.25, 0.3) is 0 Å². The van der Waals surface area contributed by atoms with Crippen LogP contribution in [-0.4, -0.2) is 43.7 Å². The fourth-order valence-corrected chi connectivity index (χ4v) is 6.75. The number of amides is 1. The summed E-state index contributed by atoms with van der Waals surface area (Å²) in [6.45, 7) is 6.45. The molecule has 3 aliphatic heterocycles. The number of carbonyl (C=O) groups excluding carboxylic acids is 1. The van der Waals surface area contributed by atoms with Crippen molar-refractivity contribution in [2.45, 2.75) is 63.3 Å². The van der Waals surface area contributed by atoms with Crippen molar-refractivity contribution in [1.82, 2.24) is 10.2 Å². The zero-order chi connectivity index (χ0) is 19.6. The first kappa shape index (κ1) is 20.4. The minimum atomic E-state index is 0. The summed E-state index contributed by atoms with van der Waals surface area (Å²) in [7, 11) is 0. The molecular formula is C24H33ClN2O3. The van der Waals surface area contributed by atoms with Gasteiger partial charge in [-0.15, -0.1) is 12.4 Å². The molecule has 5 nitrogen and oxygen atoms in total. The number of ether oxygens (including phenoxy) is 2. The van der Waals surface area contributed by atoms with Gasteiger partial charge < -0.3 is 19.7 Å². The van der Waals surface area contributed by atoms with E-state index in [4.69, 9.17) is 9.47 Å². The highest BCUT2D eigenvalue weighted by molar-refractivity contribution is 5.85. The predicted octanol–water partition coefficient (Wildman–Crippen LogP) is 3.98. The van der Waals surface area contributed by atoms with Crippen molar-refractivity contribution in [2.24, 2.45) is 11.3 Å². The largest absolute Gasteiger partial charge is 0.486 e. The van der Waals surface area contributed by atoms with Crippen molar-refractivity contribution in [3.63, 3.8) is 0 Å². The second-order valence-electron chi connectivity index (χ2n) is 10.1. The third-order valence-corrected chi connectivity index (χ3v) is 8.61. The maximum Gasteiger partial charge on any atom is 0.226 e. The summed E-state index contributed by atoms with van der Waals surface area (Å²) < 4.78 is 11.8. The number of fused-ring (bicyclic) bond motifs is 3. The molecule has 2 saturated carbocycles. The van der Waals surface area contributed by atoms with Gasteiger partial charge in [0, 0.05) is 17.9 Å². The highest BCUT2D eigenvalue weighted by Crippen LogP contribution is 2.61. The summed E-state index contributed by atoms with van der Waals surface area (Å²) in [5, 5.41) is 3.46. The van der Waals surface area contributed by atoms with Gasteiger partial charge in [0.1, 0.15) is 13.2 Å². The number of nitrogens with zero attached hydrogens (tertiary/aromatic N) is 1. The van der Waals surface area contributed by atoms with E-state index in [1.165, 1.54) is 36.8 Å². The van der Waals surface area contributed by atoms with Gasteiger partial charge in [-0.25, -0.2) is 0 Å². The van der Waals surface area contributed by atoms with Gasteiger partial charge in [0.05, 0.1) is 6.04 Å². The second kappa shape index (κ2) is 7.30. The van der Waals surface area contributed by atoms with Gasteiger partial charge in [0.15, 0.2) is 11.5 Å². The van der Waals surface area contributed by atoms with Crippen LogP contribution in [0.2, 0.25) is 0 Å². The number of halogens is 1. The molecule has 2 aliphatic carbocycles. The van der Waals surface area contributed by atoms with Crippen LogP contribution in [0.5, 0.6) is 11.5 Å². The second-order valence-corrected chi connectivity index (χ2v) is 10.1. The van der Waals surface area contributed by atoms with Crippen molar-refractivity contribution in [3.05, 3.63) is 23.3 Å². The molecule has 0 bridgehead atoms. The highest BCUT2D eigenvalue weighted by Gasteiger charge is 2.60. The monoisotopic (exact) mass is 432 g/mol. The number of hydrogen-bond acceptors (Lipinski definition) is 4. The summed E-state index contributed by atoms with van der Waals surface area (Å²) in [6, 6.07) is 4.54. The Hall–Kier alpha value is -1.46. The fraction of sp³-hybridized carbons (Fsp3) is 0.708. The molecule has 2 spiro atoms. The fourth-order valence-electron chi connectivity index (χ4n) is 6.75. The quantitative estimate of drug-likeness (QED) is 0.729. The van der Waals surface area contributed by atoms with Crippen LogP contribution in [0.15, 0.2) is 12.1 Å². The molecule has 30 heavy (non-hydrogen) atoms. The van der Waals surface area contributed by atoms with Crippen molar-refractivity contribution >= 4 is 18.3 Å². The molecule has 5 aliphatic rings. The van der Waals surface area contributed by atoms with Crippen LogP contribution in [0.3, 0.4) is 0 Å². The Balaban J connectivity index is 0.00000193. The molecule has 2 atom stereocenters. The molecule has 164 valence electrons.